The summed E-state index contributed by atoms with van der Waals surface area (Å²) >= 11 is 0. The number of phenolic OH excluding ortho intramolecular Hbond substituents is 1. The van der Waals surface area contributed by atoms with Gasteiger partial charge in [0.05, 0.1) is 11.8 Å². The summed E-state index contributed by atoms with van der Waals surface area (Å²) in [6, 6.07) is 10.1. The molecule has 0 aliphatic carbocycles. The fraction of sp³-hybridized carbons (Fsp3) is 0.150. The maximum absolute atomic E-state index is 13.2. The van der Waals surface area contributed by atoms with Gasteiger partial charge in [-0.2, -0.15) is 5.10 Å². The number of carboxylic acid groups (broad SMARTS) is 1. The highest BCUT2D eigenvalue weighted by Gasteiger charge is 2.33. The number of phenols is 1. The Morgan fingerprint density at radius 2 is 1.89 bits per heavy atom. The van der Waals surface area contributed by atoms with E-state index in [1.54, 1.807) is 24.3 Å². The Morgan fingerprint density at radius 3 is 2.56 bits per heavy atom. The van der Waals surface area contributed by atoms with E-state index in [9.17, 15) is 19.1 Å². The molecule has 138 valence electrons. The van der Waals surface area contributed by atoms with E-state index < -0.39 is 17.9 Å². The molecule has 7 heteroatoms. The molecule has 27 heavy (non-hydrogen) atoms. The molecule has 6 nitrogen and oxygen atoms in total. The number of halogens is 1. The van der Waals surface area contributed by atoms with Crippen LogP contribution in [0, 0.1) is 12.7 Å². The quantitative estimate of drug-likeness (QED) is 0.811. The molecule has 1 aliphatic rings. The minimum atomic E-state index is -1.25. The lowest BCUT2D eigenvalue weighted by molar-refractivity contribution is -0.132. The van der Waals surface area contributed by atoms with Crippen molar-refractivity contribution in [3.05, 3.63) is 77.1 Å². The van der Waals surface area contributed by atoms with E-state index in [1.165, 1.54) is 18.2 Å². The number of carbonyl (C=O) groups is 2. The normalized spacial score (nSPS) is 16.6. The van der Waals surface area contributed by atoms with Gasteiger partial charge in [0.1, 0.15) is 11.6 Å². The molecule has 2 N–H and O–H groups in total. The van der Waals surface area contributed by atoms with Crippen LogP contribution in [0.25, 0.3) is 0 Å². The Kier molecular flexibility index (Phi) is 5.03. The molecule has 0 aromatic heterocycles. The van der Waals surface area contributed by atoms with E-state index in [4.69, 9.17) is 5.11 Å². The summed E-state index contributed by atoms with van der Waals surface area (Å²) in [4.78, 5) is 23.2. The second-order valence-corrected chi connectivity index (χ2v) is 6.19. The molecule has 1 amide bonds. The van der Waals surface area contributed by atoms with Crippen LogP contribution in [-0.4, -0.2) is 32.8 Å². The number of carbonyl (C=O) groups excluding carboxylic acids is 1. The van der Waals surface area contributed by atoms with E-state index in [0.29, 0.717) is 23.3 Å². The first-order valence-corrected chi connectivity index (χ1v) is 8.22. The molecule has 3 rings (SSSR count). The monoisotopic (exact) mass is 368 g/mol. The van der Waals surface area contributed by atoms with E-state index >= 15 is 0 Å². The SMILES string of the molecule is Cc1ccc(O)c(C2CC(c3ccc(F)cc3)=NN2C(=O)C=CC(=O)O)c1. The molecular formula is C20H17FN2O4. The smallest absolute Gasteiger partial charge is 0.328 e. The second kappa shape index (κ2) is 7.41. The van der Waals surface area contributed by atoms with Crippen molar-refractivity contribution in [2.75, 3.05) is 0 Å². The zero-order valence-corrected chi connectivity index (χ0v) is 14.5. The molecule has 1 atom stereocenters. The van der Waals surface area contributed by atoms with Crippen molar-refractivity contribution in [2.45, 2.75) is 19.4 Å². The number of aryl methyl sites for hydroxylation is 1. The number of nitrogens with zero attached hydrogens (tertiary/aromatic N) is 2. The van der Waals surface area contributed by atoms with Crippen LogP contribution < -0.4 is 0 Å². The molecule has 2 aromatic carbocycles. The van der Waals surface area contributed by atoms with Crippen LogP contribution in [0.4, 0.5) is 4.39 Å². The van der Waals surface area contributed by atoms with Crippen LogP contribution in [0.1, 0.15) is 29.2 Å². The van der Waals surface area contributed by atoms with Gasteiger partial charge in [0.25, 0.3) is 5.91 Å². The average molecular weight is 368 g/mol. The lowest BCUT2D eigenvalue weighted by Gasteiger charge is -2.22. The van der Waals surface area contributed by atoms with Gasteiger partial charge in [-0.3, -0.25) is 4.79 Å². The Bertz CT molecular complexity index is 951. The van der Waals surface area contributed by atoms with Crippen molar-refractivity contribution in [3.8, 4) is 5.75 Å². The minimum absolute atomic E-state index is 0.0150. The summed E-state index contributed by atoms with van der Waals surface area (Å²) in [5.41, 5.74) is 2.59. The third-order valence-electron chi connectivity index (χ3n) is 4.22. The van der Waals surface area contributed by atoms with Crippen LogP contribution in [0.15, 0.2) is 59.7 Å². The summed E-state index contributed by atoms with van der Waals surface area (Å²) in [7, 11) is 0. The number of hydrogen-bond donors (Lipinski definition) is 2. The predicted octanol–water partition coefficient (Wildman–Crippen LogP) is 3.16. The fourth-order valence-corrected chi connectivity index (χ4v) is 2.93. The number of amides is 1. The van der Waals surface area contributed by atoms with Crippen molar-refractivity contribution < 1.29 is 24.2 Å². The number of hydrogen-bond acceptors (Lipinski definition) is 4. The molecule has 1 unspecified atom stereocenters. The number of aromatic hydroxyl groups is 1. The lowest BCUT2D eigenvalue weighted by atomic mass is 9.96. The first-order chi connectivity index (χ1) is 12.8. The summed E-state index contributed by atoms with van der Waals surface area (Å²) in [6.45, 7) is 1.86. The van der Waals surface area contributed by atoms with Gasteiger partial charge in [-0.25, -0.2) is 14.2 Å². The van der Waals surface area contributed by atoms with Crippen molar-refractivity contribution in [2.24, 2.45) is 5.10 Å². The van der Waals surface area contributed by atoms with Gasteiger partial charge in [0, 0.05) is 24.1 Å². The highest BCUT2D eigenvalue weighted by atomic mass is 19.1. The molecule has 0 bridgehead atoms. The maximum Gasteiger partial charge on any atom is 0.328 e. The zero-order valence-electron chi connectivity index (χ0n) is 14.5. The number of carboxylic acids is 1. The molecule has 1 aliphatic heterocycles. The largest absolute Gasteiger partial charge is 0.508 e. The van der Waals surface area contributed by atoms with Crippen molar-refractivity contribution in [1.29, 1.82) is 0 Å². The average Bonchev–Trinajstić information content (AvgIpc) is 3.07. The van der Waals surface area contributed by atoms with Gasteiger partial charge in [-0.05, 0) is 30.7 Å². The van der Waals surface area contributed by atoms with Gasteiger partial charge in [0.2, 0.25) is 0 Å². The van der Waals surface area contributed by atoms with Crippen LogP contribution in [0.2, 0.25) is 0 Å². The third-order valence-corrected chi connectivity index (χ3v) is 4.22. The van der Waals surface area contributed by atoms with Gasteiger partial charge >= 0.3 is 5.97 Å². The van der Waals surface area contributed by atoms with Crippen LogP contribution >= 0.6 is 0 Å². The van der Waals surface area contributed by atoms with Crippen molar-refractivity contribution in [3.63, 3.8) is 0 Å². The van der Waals surface area contributed by atoms with Crippen molar-refractivity contribution in [1.82, 2.24) is 5.01 Å². The molecule has 0 fully saturated rings. The molecule has 2 aromatic rings. The molecule has 1 heterocycles. The standard InChI is InChI=1S/C20H17FN2O4/c1-12-2-7-18(24)15(10-12)17-11-16(13-3-5-14(21)6-4-13)22-23(17)19(25)8-9-20(26)27/h2-10,17,24H,11H2,1H3,(H,26,27). The summed E-state index contributed by atoms with van der Waals surface area (Å²) < 4.78 is 13.2. The zero-order chi connectivity index (χ0) is 19.6. The van der Waals surface area contributed by atoms with E-state index in [1.807, 2.05) is 6.92 Å². The highest BCUT2D eigenvalue weighted by Crippen LogP contribution is 2.37. The first kappa shape index (κ1) is 18.3. The van der Waals surface area contributed by atoms with Crippen LogP contribution in [0.3, 0.4) is 0 Å². The summed E-state index contributed by atoms with van der Waals surface area (Å²) in [6.07, 6.45) is 1.95. The van der Waals surface area contributed by atoms with Gasteiger partial charge in [0.15, 0.2) is 0 Å². The van der Waals surface area contributed by atoms with Crippen LogP contribution in [-0.2, 0) is 9.59 Å². The van der Waals surface area contributed by atoms with E-state index in [0.717, 1.165) is 22.7 Å². The summed E-state index contributed by atoms with van der Waals surface area (Å²) in [5, 5.41) is 24.5. The van der Waals surface area contributed by atoms with Gasteiger partial charge < -0.3 is 10.2 Å². The fourth-order valence-electron chi connectivity index (χ4n) is 2.93. The molecule has 0 saturated carbocycles. The Balaban J connectivity index is 2.01. The van der Waals surface area contributed by atoms with Crippen molar-refractivity contribution >= 4 is 17.6 Å². The maximum atomic E-state index is 13.2. The number of aliphatic carboxylic acids is 1. The molecule has 0 spiro atoms. The summed E-state index contributed by atoms with van der Waals surface area (Å²) in [5.74, 6) is -2.25. The van der Waals surface area contributed by atoms with E-state index in [2.05, 4.69) is 5.10 Å². The highest BCUT2D eigenvalue weighted by molar-refractivity contribution is 6.04. The molecule has 0 saturated heterocycles. The number of hydrazone groups is 1. The second-order valence-electron chi connectivity index (χ2n) is 6.19. The number of benzene rings is 2. The molecular weight excluding hydrogens is 351 g/mol. The lowest BCUT2D eigenvalue weighted by Crippen LogP contribution is -2.25. The van der Waals surface area contributed by atoms with Gasteiger partial charge in [-0.15, -0.1) is 0 Å². The topological polar surface area (TPSA) is 90.2 Å². The Labute approximate surface area is 154 Å². The van der Waals surface area contributed by atoms with E-state index in [-0.39, 0.29) is 11.6 Å². The Morgan fingerprint density at radius 1 is 1.19 bits per heavy atom. The Hall–Kier alpha value is -3.48. The predicted molar refractivity (Wildman–Crippen MR) is 96.8 cm³/mol. The number of rotatable bonds is 4. The molecule has 0 radical (unpaired) electrons. The van der Waals surface area contributed by atoms with Crippen LogP contribution in [0.5, 0.6) is 5.75 Å². The third kappa shape index (κ3) is 4.03. The minimum Gasteiger partial charge on any atom is -0.508 e. The first-order valence-electron chi connectivity index (χ1n) is 8.22. The van der Waals surface area contributed by atoms with Gasteiger partial charge in [-0.1, -0.05) is 29.8 Å².